The Hall–Kier alpha value is -2.01. The van der Waals surface area contributed by atoms with Crippen molar-refractivity contribution in [3.8, 4) is 17.2 Å². The molecule has 0 aromatic heterocycles. The van der Waals surface area contributed by atoms with Crippen molar-refractivity contribution in [2.24, 2.45) is 0 Å². The van der Waals surface area contributed by atoms with Crippen molar-refractivity contribution in [1.29, 1.82) is 0 Å². The van der Waals surface area contributed by atoms with Gasteiger partial charge in [0.1, 0.15) is 5.75 Å². The molecule has 0 aliphatic carbocycles. The molecule has 5 heteroatoms. The summed E-state index contributed by atoms with van der Waals surface area (Å²) in [4.78, 5) is 12.3. The molecule has 4 nitrogen and oxygen atoms in total. The number of halogens is 1. The van der Waals surface area contributed by atoms with Gasteiger partial charge in [-0.1, -0.05) is 62.2 Å². The minimum atomic E-state index is -0.651. The molecular weight excluding hydrogens is 432 g/mol. The highest BCUT2D eigenvalue weighted by molar-refractivity contribution is 9.10. The molecule has 2 aromatic rings. The Balaban J connectivity index is 2.24. The van der Waals surface area contributed by atoms with Crippen LogP contribution in [0.15, 0.2) is 46.9 Å². The van der Waals surface area contributed by atoms with Crippen LogP contribution in [0.3, 0.4) is 0 Å². The van der Waals surface area contributed by atoms with Crippen molar-refractivity contribution in [3.05, 3.63) is 52.5 Å². The quantitative estimate of drug-likeness (QED) is 0.374. The molecule has 29 heavy (non-hydrogen) atoms. The molecule has 0 amide bonds. The lowest BCUT2D eigenvalue weighted by atomic mass is 9.87. The topological polar surface area (TPSA) is 44.8 Å². The molecule has 0 saturated carbocycles. The van der Waals surface area contributed by atoms with Crippen molar-refractivity contribution in [1.82, 2.24) is 0 Å². The molecule has 0 bridgehead atoms. The summed E-state index contributed by atoms with van der Waals surface area (Å²) < 4.78 is 18.2. The van der Waals surface area contributed by atoms with Crippen LogP contribution in [0.1, 0.15) is 59.4 Å². The number of hydrogen-bond donors (Lipinski definition) is 0. The van der Waals surface area contributed by atoms with Crippen LogP contribution in [0.2, 0.25) is 0 Å². The second-order valence-electron chi connectivity index (χ2n) is 7.97. The first kappa shape index (κ1) is 23.3. The van der Waals surface area contributed by atoms with Gasteiger partial charge in [-0.15, -0.1) is 0 Å². The maximum Gasteiger partial charge on any atom is 0.347 e. The SMILES string of the molecule is CCCCC(Oc1ccc(Br)cc1Oc1ccc(C(C)(C)C)cc1)C(=O)OCC. The highest BCUT2D eigenvalue weighted by Crippen LogP contribution is 2.36. The zero-order valence-corrected chi connectivity index (χ0v) is 19.5. The Bertz CT molecular complexity index is 794. The largest absolute Gasteiger partial charge is 0.475 e. The molecule has 2 aromatic carbocycles. The minimum Gasteiger partial charge on any atom is -0.475 e. The second-order valence-corrected chi connectivity index (χ2v) is 8.88. The van der Waals surface area contributed by atoms with E-state index >= 15 is 0 Å². The third-order valence-electron chi connectivity index (χ3n) is 4.49. The normalized spacial score (nSPS) is 12.3. The predicted molar refractivity (Wildman–Crippen MR) is 120 cm³/mol. The van der Waals surface area contributed by atoms with Crippen LogP contribution in [0.5, 0.6) is 17.2 Å². The molecule has 0 saturated heterocycles. The molecule has 1 unspecified atom stereocenters. The van der Waals surface area contributed by atoms with E-state index < -0.39 is 6.10 Å². The summed E-state index contributed by atoms with van der Waals surface area (Å²) in [6.07, 6.45) is 1.81. The third kappa shape index (κ3) is 7.07. The van der Waals surface area contributed by atoms with Crippen molar-refractivity contribution in [2.45, 2.75) is 65.4 Å². The van der Waals surface area contributed by atoms with Crippen molar-refractivity contribution in [3.63, 3.8) is 0 Å². The van der Waals surface area contributed by atoms with Crippen LogP contribution in [-0.2, 0) is 14.9 Å². The van der Waals surface area contributed by atoms with Gasteiger partial charge in [-0.2, -0.15) is 0 Å². The van der Waals surface area contributed by atoms with E-state index in [9.17, 15) is 4.79 Å². The number of ether oxygens (including phenoxy) is 3. The minimum absolute atomic E-state index is 0.0781. The molecule has 0 radical (unpaired) electrons. The van der Waals surface area contributed by atoms with Gasteiger partial charge in [0.25, 0.3) is 0 Å². The fraction of sp³-hybridized carbons (Fsp3) is 0.458. The lowest BCUT2D eigenvalue weighted by Crippen LogP contribution is -2.29. The van der Waals surface area contributed by atoms with Gasteiger partial charge in [-0.25, -0.2) is 4.79 Å². The highest BCUT2D eigenvalue weighted by Gasteiger charge is 2.23. The number of carbonyl (C=O) groups excluding carboxylic acids is 1. The lowest BCUT2D eigenvalue weighted by molar-refractivity contribution is -0.151. The van der Waals surface area contributed by atoms with Crippen LogP contribution in [-0.4, -0.2) is 18.7 Å². The van der Waals surface area contributed by atoms with Crippen LogP contribution < -0.4 is 9.47 Å². The Morgan fingerprint density at radius 1 is 1.03 bits per heavy atom. The molecule has 0 spiro atoms. The molecule has 158 valence electrons. The average Bonchev–Trinajstić information content (AvgIpc) is 2.66. The van der Waals surface area contributed by atoms with Crippen LogP contribution in [0.25, 0.3) is 0 Å². The average molecular weight is 463 g/mol. The van der Waals surface area contributed by atoms with Crippen molar-refractivity contribution < 1.29 is 19.0 Å². The summed E-state index contributed by atoms with van der Waals surface area (Å²) in [5.41, 5.74) is 1.31. The summed E-state index contributed by atoms with van der Waals surface area (Å²) in [6.45, 7) is 10.7. The van der Waals surface area contributed by atoms with Crippen LogP contribution >= 0.6 is 15.9 Å². The first-order chi connectivity index (χ1) is 13.7. The molecule has 0 fully saturated rings. The summed E-state index contributed by atoms with van der Waals surface area (Å²) >= 11 is 3.48. The summed E-state index contributed by atoms with van der Waals surface area (Å²) in [7, 11) is 0. The molecule has 0 N–H and O–H groups in total. The van der Waals surface area contributed by atoms with Gasteiger partial charge in [0, 0.05) is 4.47 Å². The zero-order valence-electron chi connectivity index (χ0n) is 18.0. The van der Waals surface area contributed by atoms with Crippen molar-refractivity contribution in [2.75, 3.05) is 6.61 Å². The van der Waals surface area contributed by atoms with E-state index in [1.54, 1.807) is 13.0 Å². The monoisotopic (exact) mass is 462 g/mol. The van der Waals surface area contributed by atoms with Gasteiger partial charge in [0.2, 0.25) is 0 Å². The Morgan fingerprint density at radius 2 is 1.72 bits per heavy atom. The summed E-state index contributed by atoms with van der Waals surface area (Å²) in [5.74, 6) is 1.43. The molecule has 0 heterocycles. The highest BCUT2D eigenvalue weighted by atomic mass is 79.9. The van der Waals surface area contributed by atoms with Gasteiger partial charge >= 0.3 is 5.97 Å². The number of rotatable bonds is 9. The van der Waals surface area contributed by atoms with E-state index in [-0.39, 0.29) is 11.4 Å². The van der Waals surface area contributed by atoms with E-state index in [0.717, 1.165) is 17.3 Å². The second kappa shape index (κ2) is 10.7. The van der Waals surface area contributed by atoms with Crippen LogP contribution in [0.4, 0.5) is 0 Å². The van der Waals surface area contributed by atoms with Crippen molar-refractivity contribution >= 4 is 21.9 Å². The summed E-state index contributed by atoms with van der Waals surface area (Å²) in [6, 6.07) is 13.5. The number of unbranched alkanes of at least 4 members (excludes halogenated alkanes) is 1. The Morgan fingerprint density at radius 3 is 2.31 bits per heavy atom. The molecule has 0 aliphatic heterocycles. The molecule has 1 atom stereocenters. The fourth-order valence-electron chi connectivity index (χ4n) is 2.81. The Kier molecular flexibility index (Phi) is 8.57. The first-order valence-electron chi connectivity index (χ1n) is 10.2. The number of carbonyl (C=O) groups is 1. The number of esters is 1. The lowest BCUT2D eigenvalue weighted by Gasteiger charge is -2.21. The van der Waals surface area contributed by atoms with Gasteiger partial charge in [0.15, 0.2) is 17.6 Å². The van der Waals surface area contributed by atoms with Crippen LogP contribution in [0, 0.1) is 0 Å². The van der Waals surface area contributed by atoms with Gasteiger partial charge < -0.3 is 14.2 Å². The molecular formula is C24H31BrO4. The van der Waals surface area contributed by atoms with Gasteiger partial charge in [-0.05, 0) is 61.1 Å². The van der Waals surface area contributed by atoms with E-state index in [4.69, 9.17) is 14.2 Å². The van der Waals surface area contributed by atoms with E-state index in [0.29, 0.717) is 30.3 Å². The number of hydrogen-bond acceptors (Lipinski definition) is 4. The standard InChI is InChI=1S/C24H31BrO4/c1-6-8-9-21(23(26)27-7-2)29-20-15-12-18(25)16-22(20)28-19-13-10-17(11-14-19)24(3,4)5/h10-16,21H,6-9H2,1-5H3. The number of benzene rings is 2. The fourth-order valence-corrected chi connectivity index (χ4v) is 3.15. The van der Waals surface area contributed by atoms with E-state index in [1.165, 1.54) is 5.56 Å². The first-order valence-corrected chi connectivity index (χ1v) is 10.9. The smallest absolute Gasteiger partial charge is 0.347 e. The maximum atomic E-state index is 12.3. The van der Waals surface area contributed by atoms with E-state index in [2.05, 4.69) is 55.8 Å². The maximum absolute atomic E-state index is 12.3. The van der Waals surface area contributed by atoms with Gasteiger partial charge in [-0.3, -0.25) is 0 Å². The third-order valence-corrected chi connectivity index (χ3v) is 4.99. The molecule has 2 rings (SSSR count). The van der Waals surface area contributed by atoms with E-state index in [1.807, 2.05) is 24.3 Å². The Labute approximate surface area is 182 Å². The predicted octanol–water partition coefficient (Wildman–Crippen LogP) is 7.04. The zero-order chi connectivity index (χ0) is 21.4. The molecule has 0 aliphatic rings. The van der Waals surface area contributed by atoms with Gasteiger partial charge in [0.05, 0.1) is 6.61 Å². The summed E-state index contributed by atoms with van der Waals surface area (Å²) in [5, 5.41) is 0.